The number of amides is 4. The van der Waals surface area contributed by atoms with Crippen molar-refractivity contribution in [3.8, 4) is 0 Å². The summed E-state index contributed by atoms with van der Waals surface area (Å²) in [6.07, 6.45) is 2.22. The van der Waals surface area contributed by atoms with Crippen LogP contribution >= 0.6 is 0 Å². The van der Waals surface area contributed by atoms with Crippen molar-refractivity contribution in [2.75, 3.05) is 6.54 Å². The van der Waals surface area contributed by atoms with Gasteiger partial charge in [0.15, 0.2) is 0 Å². The highest BCUT2D eigenvalue weighted by molar-refractivity contribution is 5.95. The van der Waals surface area contributed by atoms with E-state index in [1.54, 1.807) is 0 Å². The summed E-state index contributed by atoms with van der Waals surface area (Å²) in [5, 5.41) is 18.0. The Hall–Kier alpha value is -3.47. The molecule has 1 aliphatic heterocycles. The number of likely N-dealkylation sites (tertiary alicyclic amines) is 1. The molecular formula is C32H51N5O6. The van der Waals surface area contributed by atoms with Gasteiger partial charge in [-0.2, -0.15) is 0 Å². The number of carboxylic acid groups (broad SMARTS) is 1. The number of nitrogens with two attached hydrogens (primary N) is 1. The van der Waals surface area contributed by atoms with E-state index in [0.29, 0.717) is 45.1 Å². The number of carbonyl (C=O) groups is 5. The maximum Gasteiger partial charge on any atom is 0.326 e. The Balaban J connectivity index is 2.18. The van der Waals surface area contributed by atoms with Crippen molar-refractivity contribution in [3.63, 3.8) is 0 Å². The number of carbonyl (C=O) groups excluding carboxylic acids is 4. The number of hydrogen-bond acceptors (Lipinski definition) is 6. The van der Waals surface area contributed by atoms with Gasteiger partial charge in [0.05, 0.1) is 6.04 Å². The molecule has 1 aromatic carbocycles. The van der Waals surface area contributed by atoms with E-state index in [-0.39, 0.29) is 17.8 Å². The molecule has 0 radical (unpaired) electrons. The molecule has 1 aliphatic rings. The molecule has 43 heavy (non-hydrogen) atoms. The van der Waals surface area contributed by atoms with Gasteiger partial charge in [-0.3, -0.25) is 19.2 Å². The Morgan fingerprint density at radius 3 is 1.74 bits per heavy atom. The first-order valence-corrected chi connectivity index (χ1v) is 15.4. The fourth-order valence-corrected chi connectivity index (χ4v) is 5.37. The van der Waals surface area contributed by atoms with Gasteiger partial charge < -0.3 is 31.7 Å². The second kappa shape index (κ2) is 17.0. The minimum atomic E-state index is -1.06. The standard InChI is InChI=1S/C32H51N5O6/c1-19(2)15-24(34-28(38)23(33)18-22-11-8-7-9-12-22)29(39)35-25(16-20(3)4)30(40)36-26(17-21(5)6)31(41)37-14-10-13-27(37)32(42)43/h7-9,11-12,19-21,23-27H,10,13-18,33H2,1-6H3,(H,34,38)(H,35,39)(H,36,40)(H,42,43)/t23-,24-,25-,26-,27-/m0/s1. The van der Waals surface area contributed by atoms with Crippen LogP contribution < -0.4 is 21.7 Å². The Kier molecular flexibility index (Phi) is 14.1. The average Bonchev–Trinajstić information content (AvgIpc) is 3.41. The van der Waals surface area contributed by atoms with E-state index in [4.69, 9.17) is 5.73 Å². The number of aliphatic carboxylic acids is 1. The van der Waals surface area contributed by atoms with Crippen molar-refractivity contribution in [1.82, 2.24) is 20.9 Å². The van der Waals surface area contributed by atoms with Gasteiger partial charge in [-0.1, -0.05) is 71.9 Å². The molecule has 1 aromatic rings. The van der Waals surface area contributed by atoms with Crippen molar-refractivity contribution in [3.05, 3.63) is 35.9 Å². The zero-order chi connectivity index (χ0) is 32.3. The summed E-state index contributed by atoms with van der Waals surface area (Å²) in [6.45, 7) is 11.8. The van der Waals surface area contributed by atoms with Crippen LogP contribution in [0, 0.1) is 17.8 Å². The zero-order valence-corrected chi connectivity index (χ0v) is 26.5. The van der Waals surface area contributed by atoms with E-state index in [1.165, 1.54) is 4.90 Å². The Morgan fingerprint density at radius 2 is 1.26 bits per heavy atom. The molecule has 1 fully saturated rings. The molecule has 0 bridgehead atoms. The Labute approximate surface area is 255 Å². The third-order valence-electron chi connectivity index (χ3n) is 7.46. The highest BCUT2D eigenvalue weighted by atomic mass is 16.4. The lowest BCUT2D eigenvalue weighted by Crippen LogP contribution is -2.59. The SMILES string of the molecule is CC(C)C[C@H](NC(=O)[C@H](CC(C)C)NC(=O)[C@@H](N)Cc1ccccc1)C(=O)N[C@@H](CC(C)C)C(=O)N1CCC[C@H]1C(=O)O. The molecular weight excluding hydrogens is 550 g/mol. The number of rotatable bonds is 16. The molecule has 240 valence electrons. The first-order chi connectivity index (χ1) is 20.2. The molecule has 5 atom stereocenters. The van der Waals surface area contributed by atoms with Gasteiger partial charge in [-0.15, -0.1) is 0 Å². The maximum atomic E-state index is 13.6. The van der Waals surface area contributed by atoms with Gasteiger partial charge in [0.25, 0.3) is 0 Å². The van der Waals surface area contributed by atoms with E-state index in [1.807, 2.05) is 71.9 Å². The van der Waals surface area contributed by atoms with E-state index in [0.717, 1.165) is 5.56 Å². The van der Waals surface area contributed by atoms with E-state index in [9.17, 15) is 29.1 Å². The molecule has 1 saturated heterocycles. The topological polar surface area (TPSA) is 171 Å². The van der Waals surface area contributed by atoms with Crippen molar-refractivity contribution in [1.29, 1.82) is 0 Å². The van der Waals surface area contributed by atoms with Crippen LogP contribution in [0.2, 0.25) is 0 Å². The average molecular weight is 602 g/mol. The highest BCUT2D eigenvalue weighted by Crippen LogP contribution is 2.21. The van der Waals surface area contributed by atoms with Crippen LogP contribution in [-0.4, -0.2) is 76.4 Å². The molecule has 0 saturated carbocycles. The van der Waals surface area contributed by atoms with Crippen molar-refractivity contribution >= 4 is 29.6 Å². The van der Waals surface area contributed by atoms with Crippen LogP contribution in [0.5, 0.6) is 0 Å². The predicted octanol–water partition coefficient (Wildman–Crippen LogP) is 2.22. The van der Waals surface area contributed by atoms with Gasteiger partial charge in [0, 0.05) is 6.54 Å². The minimum absolute atomic E-state index is 0.0303. The molecule has 1 heterocycles. The number of benzene rings is 1. The zero-order valence-electron chi connectivity index (χ0n) is 26.5. The molecule has 4 amide bonds. The molecule has 2 rings (SSSR count). The third kappa shape index (κ3) is 11.6. The fraction of sp³-hybridized carbons (Fsp3) is 0.656. The highest BCUT2D eigenvalue weighted by Gasteiger charge is 2.39. The number of carboxylic acids is 1. The molecule has 0 unspecified atom stereocenters. The molecule has 0 aromatic heterocycles. The summed E-state index contributed by atoms with van der Waals surface area (Å²) in [5.41, 5.74) is 7.07. The van der Waals surface area contributed by atoms with Crippen molar-refractivity contribution in [2.24, 2.45) is 23.5 Å². The summed E-state index contributed by atoms with van der Waals surface area (Å²) in [4.78, 5) is 66.6. The lowest BCUT2D eigenvalue weighted by Gasteiger charge is -2.30. The quantitative estimate of drug-likeness (QED) is 0.193. The third-order valence-corrected chi connectivity index (χ3v) is 7.46. The molecule has 0 aliphatic carbocycles. The normalized spacial score (nSPS) is 17.8. The van der Waals surface area contributed by atoms with Crippen molar-refractivity contribution < 1.29 is 29.1 Å². The van der Waals surface area contributed by atoms with Gasteiger partial charge in [0.1, 0.15) is 24.2 Å². The van der Waals surface area contributed by atoms with Crippen LogP contribution in [0.25, 0.3) is 0 Å². The summed E-state index contributed by atoms with van der Waals surface area (Å²) >= 11 is 0. The van der Waals surface area contributed by atoms with Crippen LogP contribution in [0.1, 0.15) is 79.2 Å². The van der Waals surface area contributed by atoms with Crippen LogP contribution in [0.4, 0.5) is 0 Å². The molecule has 0 spiro atoms. The predicted molar refractivity (Wildman–Crippen MR) is 165 cm³/mol. The number of nitrogens with one attached hydrogen (secondary N) is 3. The second-order valence-electron chi connectivity index (χ2n) is 12.9. The number of nitrogens with zero attached hydrogens (tertiary/aromatic N) is 1. The molecule has 6 N–H and O–H groups in total. The van der Waals surface area contributed by atoms with Gasteiger partial charge in [0.2, 0.25) is 23.6 Å². The van der Waals surface area contributed by atoms with Crippen LogP contribution in [-0.2, 0) is 30.4 Å². The van der Waals surface area contributed by atoms with Crippen LogP contribution in [0.3, 0.4) is 0 Å². The summed E-state index contributed by atoms with van der Waals surface area (Å²) < 4.78 is 0. The van der Waals surface area contributed by atoms with E-state index in [2.05, 4.69) is 16.0 Å². The number of hydrogen-bond donors (Lipinski definition) is 5. The van der Waals surface area contributed by atoms with Crippen molar-refractivity contribution in [2.45, 2.75) is 110 Å². The summed E-state index contributed by atoms with van der Waals surface area (Å²) in [6, 6.07) is 4.78. The lowest BCUT2D eigenvalue weighted by molar-refractivity contribution is -0.149. The largest absolute Gasteiger partial charge is 0.480 e. The molecule has 11 nitrogen and oxygen atoms in total. The van der Waals surface area contributed by atoms with Gasteiger partial charge in [-0.25, -0.2) is 4.79 Å². The molecule has 11 heteroatoms. The first kappa shape index (κ1) is 35.7. The van der Waals surface area contributed by atoms with Gasteiger partial charge >= 0.3 is 5.97 Å². The maximum absolute atomic E-state index is 13.6. The summed E-state index contributed by atoms with van der Waals surface area (Å²) in [7, 11) is 0. The smallest absolute Gasteiger partial charge is 0.326 e. The minimum Gasteiger partial charge on any atom is -0.480 e. The fourth-order valence-electron chi connectivity index (χ4n) is 5.37. The summed E-state index contributed by atoms with van der Waals surface area (Å²) in [5.74, 6) is -2.85. The monoisotopic (exact) mass is 601 g/mol. The first-order valence-electron chi connectivity index (χ1n) is 15.4. The van der Waals surface area contributed by atoms with Gasteiger partial charge in [-0.05, 0) is 61.8 Å². The Bertz CT molecular complexity index is 1090. The van der Waals surface area contributed by atoms with E-state index < -0.39 is 59.8 Å². The lowest BCUT2D eigenvalue weighted by atomic mass is 9.98. The second-order valence-corrected chi connectivity index (χ2v) is 12.9. The Morgan fingerprint density at radius 1 is 0.791 bits per heavy atom. The van der Waals surface area contributed by atoms with Crippen LogP contribution in [0.15, 0.2) is 30.3 Å². The van der Waals surface area contributed by atoms with E-state index >= 15 is 0 Å².